The van der Waals surface area contributed by atoms with Crippen LogP contribution in [0, 0.1) is 0 Å². The molecule has 5 heteroatoms. The van der Waals surface area contributed by atoms with Crippen LogP contribution in [0.2, 0.25) is 0 Å². The van der Waals surface area contributed by atoms with Gasteiger partial charge in [-0.05, 0) is 40.5 Å². The Kier molecular flexibility index (Phi) is 7.02. The number of rotatable bonds is 7. The maximum atomic E-state index is 11.8. The third-order valence-corrected chi connectivity index (χ3v) is 3.58. The molecule has 1 aromatic rings. The molecule has 1 amide bonds. The summed E-state index contributed by atoms with van der Waals surface area (Å²) in [6.07, 6.45) is 0.486. The van der Waals surface area contributed by atoms with E-state index in [1.54, 1.807) is 7.11 Å². The Bertz CT molecular complexity index is 449. The molecule has 0 aliphatic rings. The summed E-state index contributed by atoms with van der Waals surface area (Å²) < 4.78 is 6.08. The van der Waals surface area contributed by atoms with Crippen LogP contribution in [-0.4, -0.2) is 25.6 Å². The van der Waals surface area contributed by atoms with E-state index in [1.165, 1.54) is 0 Å². The minimum absolute atomic E-state index is 0.0243. The fraction of sp³-hybridized carbons (Fsp3) is 0.533. The van der Waals surface area contributed by atoms with Gasteiger partial charge in [0.15, 0.2) is 0 Å². The Morgan fingerprint density at radius 3 is 2.60 bits per heavy atom. The molecule has 0 heterocycles. The molecule has 0 aliphatic carbocycles. The van der Waals surface area contributed by atoms with Crippen molar-refractivity contribution in [2.45, 2.75) is 39.3 Å². The number of methoxy groups -OCH3 is 1. The molecular weight excluding hydrogens is 320 g/mol. The second-order valence-corrected chi connectivity index (χ2v) is 5.90. The van der Waals surface area contributed by atoms with Gasteiger partial charge in [0.2, 0.25) is 5.91 Å². The monoisotopic (exact) mass is 342 g/mol. The molecule has 4 nitrogen and oxygen atoms in total. The van der Waals surface area contributed by atoms with Gasteiger partial charge in [0.25, 0.3) is 0 Å². The summed E-state index contributed by atoms with van der Waals surface area (Å²) in [4.78, 5) is 11.8. The van der Waals surface area contributed by atoms with Gasteiger partial charge in [-0.25, -0.2) is 0 Å². The molecule has 1 rings (SSSR count). The molecule has 1 aromatic carbocycles. The lowest BCUT2D eigenvalue weighted by Crippen LogP contribution is -2.31. The van der Waals surface area contributed by atoms with Crippen LogP contribution in [0.15, 0.2) is 22.7 Å². The number of nitrogens with one attached hydrogen (secondary N) is 2. The summed E-state index contributed by atoms with van der Waals surface area (Å²) >= 11 is 3.45. The lowest BCUT2D eigenvalue weighted by atomic mass is 10.1. The maximum Gasteiger partial charge on any atom is 0.221 e. The first-order chi connectivity index (χ1) is 9.43. The highest BCUT2D eigenvalue weighted by Gasteiger charge is 2.11. The van der Waals surface area contributed by atoms with E-state index in [4.69, 9.17) is 4.74 Å². The lowest BCUT2D eigenvalue weighted by Gasteiger charge is -2.16. The average Bonchev–Trinajstić information content (AvgIpc) is 2.38. The van der Waals surface area contributed by atoms with E-state index in [2.05, 4.69) is 40.4 Å². The zero-order valence-electron chi connectivity index (χ0n) is 12.5. The van der Waals surface area contributed by atoms with E-state index < -0.39 is 0 Å². The predicted octanol–water partition coefficient (Wildman–Crippen LogP) is 3.02. The van der Waals surface area contributed by atoms with Crippen LogP contribution in [0.5, 0.6) is 5.75 Å². The molecule has 0 spiro atoms. The molecular formula is C15H23BrN2O2. The van der Waals surface area contributed by atoms with Crippen molar-refractivity contribution >= 4 is 21.8 Å². The molecule has 0 bridgehead atoms. The first-order valence-corrected chi connectivity index (χ1v) is 7.59. The van der Waals surface area contributed by atoms with Gasteiger partial charge in [0.1, 0.15) is 5.75 Å². The lowest BCUT2D eigenvalue weighted by molar-refractivity contribution is -0.121. The topological polar surface area (TPSA) is 50.4 Å². The third-order valence-electron chi connectivity index (χ3n) is 2.96. The Labute approximate surface area is 129 Å². The van der Waals surface area contributed by atoms with Crippen molar-refractivity contribution in [1.29, 1.82) is 0 Å². The summed E-state index contributed by atoms with van der Waals surface area (Å²) in [6.45, 7) is 6.80. The number of amides is 1. The molecule has 20 heavy (non-hydrogen) atoms. The Morgan fingerprint density at radius 2 is 2.05 bits per heavy atom. The number of carbonyl (C=O) groups is 1. The quantitative estimate of drug-likeness (QED) is 0.800. The SMILES string of the molecule is COc1ccc(C(C)NC(=O)CCNC(C)C)cc1Br. The highest BCUT2D eigenvalue weighted by molar-refractivity contribution is 9.10. The van der Waals surface area contributed by atoms with E-state index in [0.717, 1.165) is 15.8 Å². The number of halogens is 1. The first-order valence-electron chi connectivity index (χ1n) is 6.80. The highest BCUT2D eigenvalue weighted by atomic mass is 79.9. The van der Waals surface area contributed by atoms with Gasteiger partial charge >= 0.3 is 0 Å². The van der Waals surface area contributed by atoms with Gasteiger partial charge in [-0.15, -0.1) is 0 Å². The van der Waals surface area contributed by atoms with Crippen molar-refractivity contribution < 1.29 is 9.53 Å². The average molecular weight is 343 g/mol. The van der Waals surface area contributed by atoms with Gasteiger partial charge in [-0.1, -0.05) is 19.9 Å². The Balaban J connectivity index is 2.51. The van der Waals surface area contributed by atoms with Crippen LogP contribution in [0.25, 0.3) is 0 Å². The number of hydrogen-bond donors (Lipinski definition) is 2. The zero-order valence-corrected chi connectivity index (χ0v) is 14.1. The molecule has 112 valence electrons. The van der Waals surface area contributed by atoms with Crippen molar-refractivity contribution in [3.05, 3.63) is 28.2 Å². The van der Waals surface area contributed by atoms with E-state index in [1.807, 2.05) is 25.1 Å². The predicted molar refractivity (Wildman–Crippen MR) is 85.0 cm³/mol. The summed E-state index contributed by atoms with van der Waals surface area (Å²) in [7, 11) is 1.63. The number of hydrogen-bond acceptors (Lipinski definition) is 3. The van der Waals surface area contributed by atoms with Crippen LogP contribution < -0.4 is 15.4 Å². The summed E-state index contributed by atoms with van der Waals surface area (Å²) in [5.41, 5.74) is 1.04. The Hall–Kier alpha value is -1.07. The minimum Gasteiger partial charge on any atom is -0.496 e. The molecule has 1 atom stereocenters. The van der Waals surface area contributed by atoms with Crippen LogP contribution in [0.4, 0.5) is 0 Å². The third kappa shape index (κ3) is 5.51. The normalized spacial score (nSPS) is 12.3. The first kappa shape index (κ1) is 17.0. The minimum atomic E-state index is -0.0243. The van der Waals surface area contributed by atoms with Gasteiger partial charge in [0, 0.05) is 19.0 Å². The largest absolute Gasteiger partial charge is 0.496 e. The van der Waals surface area contributed by atoms with Crippen LogP contribution in [-0.2, 0) is 4.79 Å². The molecule has 0 aliphatic heterocycles. The summed E-state index contributed by atoms with van der Waals surface area (Å²) in [5, 5.41) is 6.22. The van der Waals surface area contributed by atoms with Crippen molar-refractivity contribution in [2.75, 3.05) is 13.7 Å². The van der Waals surface area contributed by atoms with Crippen LogP contribution >= 0.6 is 15.9 Å². The van der Waals surface area contributed by atoms with E-state index in [0.29, 0.717) is 19.0 Å². The van der Waals surface area contributed by atoms with E-state index in [-0.39, 0.29) is 11.9 Å². The molecule has 0 saturated carbocycles. The number of ether oxygens (including phenoxy) is 1. The molecule has 0 radical (unpaired) electrons. The standard InChI is InChI=1S/C15H23BrN2O2/c1-10(2)17-8-7-15(19)18-11(3)12-5-6-14(20-4)13(16)9-12/h5-6,9-11,17H,7-8H2,1-4H3,(H,18,19). The molecule has 1 unspecified atom stereocenters. The van der Waals surface area contributed by atoms with E-state index >= 15 is 0 Å². The fourth-order valence-electron chi connectivity index (χ4n) is 1.82. The molecule has 0 aromatic heterocycles. The summed E-state index contributed by atoms with van der Waals surface area (Å²) in [6, 6.07) is 6.20. The van der Waals surface area contributed by atoms with Gasteiger partial charge in [0.05, 0.1) is 17.6 Å². The molecule has 0 fully saturated rings. The van der Waals surface area contributed by atoms with Crippen molar-refractivity contribution in [2.24, 2.45) is 0 Å². The Morgan fingerprint density at radius 1 is 1.35 bits per heavy atom. The highest BCUT2D eigenvalue weighted by Crippen LogP contribution is 2.27. The zero-order chi connectivity index (χ0) is 15.1. The van der Waals surface area contributed by atoms with Gasteiger partial charge in [-0.3, -0.25) is 4.79 Å². The van der Waals surface area contributed by atoms with E-state index in [9.17, 15) is 4.79 Å². The second kappa shape index (κ2) is 8.27. The molecule has 0 saturated heterocycles. The van der Waals surface area contributed by atoms with Crippen molar-refractivity contribution in [3.8, 4) is 5.75 Å². The van der Waals surface area contributed by atoms with Crippen molar-refractivity contribution in [1.82, 2.24) is 10.6 Å². The number of benzene rings is 1. The van der Waals surface area contributed by atoms with Gasteiger partial charge in [-0.2, -0.15) is 0 Å². The number of carbonyl (C=O) groups excluding carboxylic acids is 1. The maximum absolute atomic E-state index is 11.8. The van der Waals surface area contributed by atoms with Crippen molar-refractivity contribution in [3.63, 3.8) is 0 Å². The summed E-state index contributed by atoms with van der Waals surface area (Å²) in [5.74, 6) is 0.839. The smallest absolute Gasteiger partial charge is 0.221 e. The molecule has 2 N–H and O–H groups in total. The van der Waals surface area contributed by atoms with Crippen LogP contribution in [0.3, 0.4) is 0 Å². The fourth-order valence-corrected chi connectivity index (χ4v) is 2.38. The van der Waals surface area contributed by atoms with Crippen LogP contribution in [0.1, 0.15) is 38.8 Å². The van der Waals surface area contributed by atoms with Gasteiger partial charge < -0.3 is 15.4 Å². The second-order valence-electron chi connectivity index (χ2n) is 5.04.